The molecule has 2 aromatic heterocycles. The summed E-state index contributed by atoms with van der Waals surface area (Å²) in [6.45, 7) is 1.62. The van der Waals surface area contributed by atoms with E-state index in [1.54, 1.807) is 30.5 Å². The predicted molar refractivity (Wildman–Crippen MR) is 218 cm³/mol. The second kappa shape index (κ2) is 16.3. The van der Waals surface area contributed by atoms with Gasteiger partial charge in [-0.15, -0.1) is 0 Å². The molecule has 13 nitrogen and oxygen atoms in total. The Balaban J connectivity index is 1.11. The first-order valence-electron chi connectivity index (χ1n) is 18.7. The molecule has 0 aliphatic carbocycles. The van der Waals surface area contributed by atoms with E-state index in [4.69, 9.17) is 14.6 Å². The third kappa shape index (κ3) is 7.38. The molecule has 1 aliphatic heterocycles. The maximum Gasteiger partial charge on any atom is 0.312 e. The summed E-state index contributed by atoms with van der Waals surface area (Å²) in [6.07, 6.45) is 4.28. The number of nitrogens with one attached hydrogen (secondary N) is 2. The van der Waals surface area contributed by atoms with Crippen LogP contribution in [0.3, 0.4) is 0 Å². The van der Waals surface area contributed by atoms with Crippen LogP contribution in [0, 0.1) is 16.0 Å². The van der Waals surface area contributed by atoms with Crippen molar-refractivity contribution >= 4 is 38.3 Å². The van der Waals surface area contributed by atoms with Crippen LogP contribution in [0.5, 0.6) is 11.5 Å². The molecule has 7 aromatic rings. The number of ether oxygens (including phenoxy) is 2. The summed E-state index contributed by atoms with van der Waals surface area (Å²) in [4.78, 5) is 28.5. The number of carbonyl (C=O) groups excluding carboxylic acids is 1. The van der Waals surface area contributed by atoms with E-state index in [9.17, 15) is 23.3 Å². The van der Waals surface area contributed by atoms with Gasteiger partial charge in [-0.1, -0.05) is 109 Å². The summed E-state index contributed by atoms with van der Waals surface area (Å²) in [5.74, 6) is -0.383. The van der Waals surface area contributed by atoms with Gasteiger partial charge in [0.1, 0.15) is 21.9 Å². The largest absolute Gasteiger partial charge is 0.456 e. The number of rotatable bonds is 13. The van der Waals surface area contributed by atoms with E-state index >= 15 is 0 Å². The number of sulfonamides is 1. The maximum absolute atomic E-state index is 13.7. The molecule has 2 N–H and O–H groups in total. The first-order chi connectivity index (χ1) is 28.3. The van der Waals surface area contributed by atoms with Crippen molar-refractivity contribution in [3.05, 3.63) is 184 Å². The minimum Gasteiger partial charge on any atom is -0.456 e. The topological polar surface area (TPSA) is 168 Å². The van der Waals surface area contributed by atoms with Gasteiger partial charge in [-0.3, -0.25) is 14.9 Å². The normalized spacial score (nSPS) is 13.5. The number of hydrogen-bond acceptors (Lipinski definition) is 10. The highest BCUT2D eigenvalue weighted by Gasteiger charge is 2.40. The Morgan fingerprint density at radius 3 is 2.02 bits per heavy atom. The smallest absolute Gasteiger partial charge is 0.312 e. The zero-order valence-electron chi connectivity index (χ0n) is 31.1. The highest BCUT2D eigenvalue weighted by Crippen LogP contribution is 2.43. The average Bonchev–Trinajstić information content (AvgIpc) is 3.70. The number of carbonyl (C=O) groups is 1. The Morgan fingerprint density at radius 2 is 1.40 bits per heavy atom. The van der Waals surface area contributed by atoms with Crippen molar-refractivity contribution in [2.75, 3.05) is 25.1 Å². The lowest BCUT2D eigenvalue weighted by atomic mass is 9.77. The van der Waals surface area contributed by atoms with Crippen LogP contribution >= 0.6 is 0 Å². The molecular formula is C44H38N6O7S. The predicted octanol–water partition coefficient (Wildman–Crippen LogP) is 7.93. The van der Waals surface area contributed by atoms with E-state index in [1.807, 2.05) is 76.1 Å². The molecule has 1 saturated heterocycles. The van der Waals surface area contributed by atoms with Crippen molar-refractivity contribution in [2.45, 2.75) is 23.3 Å². The molecule has 0 radical (unpaired) electrons. The summed E-state index contributed by atoms with van der Waals surface area (Å²) >= 11 is 0. The van der Waals surface area contributed by atoms with E-state index in [2.05, 4.69) is 46.7 Å². The van der Waals surface area contributed by atoms with Gasteiger partial charge in [0.25, 0.3) is 15.9 Å². The molecule has 58 heavy (non-hydrogen) atoms. The number of para-hydroxylation sites is 1. The van der Waals surface area contributed by atoms with Crippen LogP contribution in [0.25, 0.3) is 10.9 Å². The Kier molecular flexibility index (Phi) is 10.7. The first-order valence-corrected chi connectivity index (χ1v) is 20.2. The van der Waals surface area contributed by atoms with Crippen LogP contribution in [-0.4, -0.2) is 53.8 Å². The molecular weight excluding hydrogens is 757 g/mol. The van der Waals surface area contributed by atoms with Crippen molar-refractivity contribution in [1.82, 2.24) is 19.5 Å². The fraction of sp³-hybridized carbons (Fsp3) is 0.159. The Morgan fingerprint density at radius 1 is 0.810 bits per heavy atom. The minimum atomic E-state index is -4.61. The molecule has 0 spiro atoms. The van der Waals surface area contributed by atoms with E-state index in [-0.39, 0.29) is 23.0 Å². The van der Waals surface area contributed by atoms with Crippen LogP contribution in [0.1, 0.15) is 39.9 Å². The third-order valence-corrected chi connectivity index (χ3v) is 11.6. The molecule has 292 valence electrons. The number of anilines is 1. The summed E-state index contributed by atoms with van der Waals surface area (Å²) in [5.41, 5.74) is 2.16. The molecule has 5 aromatic carbocycles. The van der Waals surface area contributed by atoms with Crippen molar-refractivity contribution in [3.8, 4) is 11.5 Å². The lowest BCUT2D eigenvalue weighted by Gasteiger charge is -2.37. The van der Waals surface area contributed by atoms with Crippen LogP contribution in [-0.2, 0) is 20.3 Å². The lowest BCUT2D eigenvalue weighted by Crippen LogP contribution is -2.38. The number of hydrogen-bond donors (Lipinski definition) is 2. The molecule has 1 aliphatic rings. The van der Waals surface area contributed by atoms with Crippen LogP contribution < -0.4 is 14.8 Å². The molecule has 1 fully saturated rings. The second-order valence-electron chi connectivity index (χ2n) is 13.8. The van der Waals surface area contributed by atoms with Gasteiger partial charge in [-0.2, -0.15) is 5.10 Å². The van der Waals surface area contributed by atoms with Crippen molar-refractivity contribution in [1.29, 1.82) is 0 Å². The molecule has 0 unspecified atom stereocenters. The van der Waals surface area contributed by atoms with E-state index in [0.717, 1.165) is 47.3 Å². The molecule has 8 rings (SSSR count). The van der Waals surface area contributed by atoms with Crippen molar-refractivity contribution in [3.63, 3.8) is 0 Å². The van der Waals surface area contributed by atoms with E-state index < -0.39 is 37.0 Å². The molecule has 3 heterocycles. The van der Waals surface area contributed by atoms with Gasteiger partial charge in [0.05, 0.1) is 33.8 Å². The number of fused-ring (bicyclic) bond motifs is 1. The zero-order chi connectivity index (χ0) is 40.1. The average molecular weight is 795 g/mol. The number of amides is 1. The van der Waals surface area contributed by atoms with Crippen molar-refractivity contribution < 1.29 is 27.6 Å². The first kappa shape index (κ1) is 38.0. The van der Waals surface area contributed by atoms with Gasteiger partial charge in [0.15, 0.2) is 0 Å². The molecule has 0 bridgehead atoms. The highest BCUT2D eigenvalue weighted by molar-refractivity contribution is 7.90. The van der Waals surface area contributed by atoms with Crippen LogP contribution in [0.2, 0.25) is 0 Å². The lowest BCUT2D eigenvalue weighted by molar-refractivity contribution is -0.384. The molecule has 1 amide bonds. The Labute approximate surface area is 334 Å². The molecule has 0 atom stereocenters. The summed E-state index contributed by atoms with van der Waals surface area (Å²) in [6, 6.07) is 43.0. The van der Waals surface area contributed by atoms with E-state index in [0.29, 0.717) is 30.9 Å². The van der Waals surface area contributed by atoms with Crippen molar-refractivity contribution in [2.24, 2.45) is 5.92 Å². The molecule has 0 saturated carbocycles. The van der Waals surface area contributed by atoms with Gasteiger partial charge < -0.3 is 14.8 Å². The minimum absolute atomic E-state index is 0.0634. The summed E-state index contributed by atoms with van der Waals surface area (Å²) in [7, 11) is -4.61. The fourth-order valence-corrected chi connectivity index (χ4v) is 8.36. The molecule has 14 heteroatoms. The number of benzene rings is 5. The van der Waals surface area contributed by atoms with Gasteiger partial charge >= 0.3 is 5.69 Å². The number of nitro groups is 1. The summed E-state index contributed by atoms with van der Waals surface area (Å²) in [5, 5.41) is 20.6. The standard InChI is InChI=1S/C44H38N6O7S/c51-43(48-58(54,55)35-27-39(50(52)53)42(46-29-35)45-28-31-23-25-56-26-24-31)36-19-10-11-21-40(36)57-41-22-12-20-38-37(41)30-47-49(38)44(32-13-4-1-5-14-32,33-15-6-2-7-16-33)34-17-8-3-9-18-34/h1-22,27,29-31H,23-26,28H2,(H,45,46)(H,48,51). The Hall–Kier alpha value is -6.90. The fourth-order valence-electron chi connectivity index (χ4n) is 7.43. The number of pyridine rings is 1. The maximum atomic E-state index is 13.7. The van der Waals surface area contributed by atoms with Gasteiger partial charge in [0, 0.05) is 25.8 Å². The van der Waals surface area contributed by atoms with E-state index in [1.165, 1.54) is 6.07 Å². The highest BCUT2D eigenvalue weighted by atomic mass is 32.2. The summed E-state index contributed by atoms with van der Waals surface area (Å²) < 4.78 is 42.8. The Bertz CT molecular complexity index is 2590. The van der Waals surface area contributed by atoms with Gasteiger partial charge in [-0.05, 0) is 59.7 Å². The quantitative estimate of drug-likeness (QED) is 0.0665. The third-order valence-electron chi connectivity index (χ3n) is 10.3. The number of aromatic nitrogens is 3. The van der Waals surface area contributed by atoms with Crippen LogP contribution in [0.4, 0.5) is 11.5 Å². The van der Waals surface area contributed by atoms with Crippen LogP contribution in [0.15, 0.2) is 157 Å². The SMILES string of the molecule is O=C(NS(=O)(=O)c1cnc(NCC2CCOCC2)c([N+](=O)[O-])c1)c1ccccc1Oc1cccc2c1cnn2C(c1ccccc1)(c1ccccc1)c1ccccc1. The monoisotopic (exact) mass is 794 g/mol. The zero-order valence-corrected chi connectivity index (χ0v) is 31.9. The van der Waals surface area contributed by atoms with Gasteiger partial charge in [0.2, 0.25) is 5.82 Å². The number of nitrogens with zero attached hydrogens (tertiary/aromatic N) is 4. The second-order valence-corrected chi connectivity index (χ2v) is 15.5. The van der Waals surface area contributed by atoms with Gasteiger partial charge in [-0.25, -0.2) is 22.8 Å².